The molecule has 0 spiro atoms. The third-order valence-electron chi connectivity index (χ3n) is 5.52. The second-order valence-electron chi connectivity index (χ2n) is 8.78. The average molecular weight is 427 g/mol. The zero-order chi connectivity index (χ0) is 22.6. The smallest absolute Gasteiger partial charge is 0.322 e. The van der Waals surface area contributed by atoms with E-state index in [-0.39, 0.29) is 22.9 Å². The van der Waals surface area contributed by atoms with Gasteiger partial charge in [-0.05, 0) is 22.6 Å². The summed E-state index contributed by atoms with van der Waals surface area (Å²) >= 11 is 0. The first-order chi connectivity index (χ1) is 14.7. The summed E-state index contributed by atoms with van der Waals surface area (Å²) in [6.07, 6.45) is 0. The number of rotatable bonds is 5. The fourth-order valence-corrected chi connectivity index (χ4v) is 3.57. The molecular formula is C23H30N4O4. The fraction of sp³-hybridized carbons (Fsp3) is 0.435. The largest absolute Gasteiger partial charge is 0.494 e. The summed E-state index contributed by atoms with van der Waals surface area (Å²) in [5.41, 5.74) is 3.06. The number of amides is 2. The number of nitro benzene ring substituents is 1. The van der Waals surface area contributed by atoms with Gasteiger partial charge in [0.1, 0.15) is 5.75 Å². The summed E-state index contributed by atoms with van der Waals surface area (Å²) < 4.78 is 5.19. The number of urea groups is 1. The monoisotopic (exact) mass is 426 g/mol. The first-order valence-electron chi connectivity index (χ1n) is 10.4. The number of nitrogens with zero attached hydrogens (tertiary/aromatic N) is 3. The zero-order valence-electron chi connectivity index (χ0n) is 18.6. The van der Waals surface area contributed by atoms with Crippen LogP contribution in [0.3, 0.4) is 0 Å². The Bertz CT molecular complexity index is 930. The lowest BCUT2D eigenvalue weighted by Gasteiger charge is -2.34. The highest BCUT2D eigenvalue weighted by atomic mass is 16.6. The number of carbonyl (C=O) groups excluding carboxylic acids is 1. The van der Waals surface area contributed by atoms with Gasteiger partial charge in [0.15, 0.2) is 0 Å². The van der Waals surface area contributed by atoms with Crippen LogP contribution in [0, 0.1) is 10.1 Å². The SMILES string of the molecule is COc1cc([N+](=O)[O-])ccc1NC(=O)N1CCN(Cc2ccc(C(C)(C)C)cc2)CC1. The number of methoxy groups -OCH3 is 1. The van der Waals surface area contributed by atoms with Gasteiger partial charge in [0.25, 0.3) is 5.69 Å². The van der Waals surface area contributed by atoms with Gasteiger partial charge in [-0.1, -0.05) is 45.0 Å². The molecular weight excluding hydrogens is 396 g/mol. The molecule has 0 saturated carbocycles. The van der Waals surface area contributed by atoms with E-state index in [9.17, 15) is 14.9 Å². The van der Waals surface area contributed by atoms with Crippen LogP contribution >= 0.6 is 0 Å². The molecule has 1 aliphatic rings. The van der Waals surface area contributed by atoms with Crippen molar-refractivity contribution in [1.82, 2.24) is 9.80 Å². The predicted octanol–water partition coefficient (Wildman–Crippen LogP) is 4.25. The van der Waals surface area contributed by atoms with E-state index in [1.807, 2.05) is 0 Å². The third kappa shape index (κ3) is 5.73. The molecule has 0 radical (unpaired) electrons. The quantitative estimate of drug-likeness (QED) is 0.570. The molecule has 2 aromatic rings. The van der Waals surface area contributed by atoms with Crippen molar-refractivity contribution in [2.24, 2.45) is 0 Å². The Morgan fingerprint density at radius 1 is 1.10 bits per heavy atom. The molecule has 1 saturated heterocycles. The molecule has 2 aromatic carbocycles. The van der Waals surface area contributed by atoms with Crippen molar-refractivity contribution >= 4 is 17.4 Å². The lowest BCUT2D eigenvalue weighted by Crippen LogP contribution is -2.49. The Labute approximate surface area is 182 Å². The molecule has 0 bridgehead atoms. The molecule has 31 heavy (non-hydrogen) atoms. The van der Waals surface area contributed by atoms with Gasteiger partial charge >= 0.3 is 6.03 Å². The molecule has 1 heterocycles. The number of benzene rings is 2. The van der Waals surface area contributed by atoms with Gasteiger partial charge in [-0.25, -0.2) is 4.79 Å². The van der Waals surface area contributed by atoms with Crippen LogP contribution in [0.4, 0.5) is 16.2 Å². The van der Waals surface area contributed by atoms with Crippen LogP contribution in [0.25, 0.3) is 0 Å². The highest BCUT2D eigenvalue weighted by Crippen LogP contribution is 2.29. The molecule has 0 atom stereocenters. The first kappa shape index (κ1) is 22.6. The maximum absolute atomic E-state index is 12.7. The van der Waals surface area contributed by atoms with Crippen molar-refractivity contribution in [3.63, 3.8) is 0 Å². The Hall–Kier alpha value is -3.13. The normalized spacial score (nSPS) is 14.9. The van der Waals surface area contributed by atoms with Crippen LogP contribution in [0.15, 0.2) is 42.5 Å². The van der Waals surface area contributed by atoms with Gasteiger partial charge in [0.2, 0.25) is 0 Å². The van der Waals surface area contributed by atoms with Gasteiger partial charge in [-0.15, -0.1) is 0 Å². The summed E-state index contributed by atoms with van der Waals surface area (Å²) in [5, 5.41) is 13.7. The molecule has 1 N–H and O–H groups in total. The second-order valence-corrected chi connectivity index (χ2v) is 8.78. The number of hydrogen-bond acceptors (Lipinski definition) is 5. The molecule has 8 heteroatoms. The Kier molecular flexibility index (Phi) is 6.80. The number of carbonyl (C=O) groups is 1. The minimum Gasteiger partial charge on any atom is -0.494 e. The zero-order valence-corrected chi connectivity index (χ0v) is 18.6. The van der Waals surface area contributed by atoms with Gasteiger partial charge in [-0.3, -0.25) is 15.0 Å². The van der Waals surface area contributed by atoms with Gasteiger partial charge in [-0.2, -0.15) is 0 Å². The van der Waals surface area contributed by atoms with Crippen molar-refractivity contribution in [3.8, 4) is 5.75 Å². The molecule has 1 fully saturated rings. The molecule has 0 aliphatic carbocycles. The van der Waals surface area contributed by atoms with E-state index >= 15 is 0 Å². The van der Waals surface area contributed by atoms with E-state index in [4.69, 9.17) is 4.74 Å². The van der Waals surface area contributed by atoms with Crippen molar-refractivity contribution in [3.05, 3.63) is 63.7 Å². The van der Waals surface area contributed by atoms with Crippen molar-refractivity contribution in [2.75, 3.05) is 38.6 Å². The summed E-state index contributed by atoms with van der Waals surface area (Å²) in [6.45, 7) is 10.3. The van der Waals surface area contributed by atoms with E-state index in [1.165, 1.54) is 36.4 Å². The number of anilines is 1. The highest BCUT2D eigenvalue weighted by molar-refractivity contribution is 5.91. The average Bonchev–Trinajstić information content (AvgIpc) is 2.74. The summed E-state index contributed by atoms with van der Waals surface area (Å²) in [5.74, 6) is 0.264. The molecule has 0 unspecified atom stereocenters. The number of nitro groups is 1. The van der Waals surface area contributed by atoms with Crippen LogP contribution in [0.5, 0.6) is 5.75 Å². The van der Waals surface area contributed by atoms with Crippen molar-refractivity contribution < 1.29 is 14.5 Å². The lowest BCUT2D eigenvalue weighted by atomic mass is 9.87. The van der Waals surface area contributed by atoms with E-state index in [2.05, 4.69) is 55.3 Å². The van der Waals surface area contributed by atoms with E-state index in [0.717, 1.165) is 19.6 Å². The van der Waals surface area contributed by atoms with Crippen LogP contribution in [-0.4, -0.2) is 54.0 Å². The molecule has 2 amide bonds. The van der Waals surface area contributed by atoms with Crippen molar-refractivity contribution in [2.45, 2.75) is 32.7 Å². The maximum atomic E-state index is 12.7. The Morgan fingerprint density at radius 2 is 1.74 bits per heavy atom. The summed E-state index contributed by atoms with van der Waals surface area (Å²) in [7, 11) is 1.42. The molecule has 8 nitrogen and oxygen atoms in total. The van der Waals surface area contributed by atoms with Crippen LogP contribution in [0.1, 0.15) is 31.9 Å². The predicted molar refractivity (Wildman–Crippen MR) is 121 cm³/mol. The van der Waals surface area contributed by atoms with Gasteiger partial charge < -0.3 is 15.0 Å². The Morgan fingerprint density at radius 3 is 2.29 bits per heavy atom. The minimum atomic E-state index is -0.496. The van der Waals surface area contributed by atoms with Crippen LogP contribution in [0.2, 0.25) is 0 Å². The van der Waals surface area contributed by atoms with Crippen LogP contribution < -0.4 is 10.1 Å². The van der Waals surface area contributed by atoms with Gasteiger partial charge in [0, 0.05) is 38.8 Å². The highest BCUT2D eigenvalue weighted by Gasteiger charge is 2.23. The van der Waals surface area contributed by atoms with E-state index in [1.54, 1.807) is 4.90 Å². The number of hydrogen-bond donors (Lipinski definition) is 1. The first-order valence-corrected chi connectivity index (χ1v) is 10.4. The Balaban J connectivity index is 1.54. The number of ether oxygens (including phenoxy) is 1. The fourth-order valence-electron chi connectivity index (χ4n) is 3.57. The van der Waals surface area contributed by atoms with Crippen LogP contribution in [-0.2, 0) is 12.0 Å². The number of piperazine rings is 1. The molecule has 0 aromatic heterocycles. The second kappa shape index (κ2) is 9.34. The maximum Gasteiger partial charge on any atom is 0.322 e. The molecule has 3 rings (SSSR count). The topological polar surface area (TPSA) is 87.9 Å². The standard InChI is InChI=1S/C23H30N4O4/c1-23(2,3)18-7-5-17(6-8-18)16-25-11-13-26(14-12-25)22(28)24-20-10-9-19(27(29)30)15-21(20)31-4/h5-10,15H,11-14,16H2,1-4H3,(H,24,28). The lowest BCUT2D eigenvalue weighted by molar-refractivity contribution is -0.384. The van der Waals surface area contributed by atoms with Crippen molar-refractivity contribution in [1.29, 1.82) is 0 Å². The van der Waals surface area contributed by atoms with Gasteiger partial charge in [0.05, 0.1) is 23.8 Å². The molecule has 1 aliphatic heterocycles. The number of non-ortho nitro benzene ring substituents is 1. The third-order valence-corrected chi connectivity index (χ3v) is 5.52. The number of nitrogens with one attached hydrogen (secondary N) is 1. The molecule has 166 valence electrons. The minimum absolute atomic E-state index is 0.0843. The van der Waals surface area contributed by atoms with E-state index in [0.29, 0.717) is 18.8 Å². The van der Waals surface area contributed by atoms with E-state index < -0.39 is 4.92 Å². The summed E-state index contributed by atoms with van der Waals surface area (Å²) in [6, 6.07) is 12.7. The summed E-state index contributed by atoms with van der Waals surface area (Å²) in [4.78, 5) is 27.2.